The molecule has 6 atom stereocenters. The van der Waals surface area contributed by atoms with Gasteiger partial charge in [-0.15, -0.1) is 16.4 Å². The first kappa shape index (κ1) is 37.4. The zero-order valence-electron chi connectivity index (χ0n) is 29.9. The summed E-state index contributed by atoms with van der Waals surface area (Å²) in [6, 6.07) is 9.06. The number of fused-ring (bicyclic) bond motifs is 10. The van der Waals surface area contributed by atoms with Crippen LogP contribution in [0.5, 0.6) is 5.75 Å². The van der Waals surface area contributed by atoms with Crippen molar-refractivity contribution in [1.29, 1.82) is 0 Å². The molecule has 16 heteroatoms. The van der Waals surface area contributed by atoms with Gasteiger partial charge >= 0.3 is 5.97 Å². The lowest BCUT2D eigenvalue weighted by molar-refractivity contribution is -0.144. The average Bonchev–Trinajstić information content (AvgIpc) is 3.91. The third kappa shape index (κ3) is 8.49. The lowest BCUT2D eigenvalue weighted by Gasteiger charge is -2.31. The number of likely N-dealkylation sites (N-methyl/N-ethyl adjacent to an activating group) is 1. The molecule has 4 aromatic rings. The maximum atomic E-state index is 14.4. The van der Waals surface area contributed by atoms with Gasteiger partial charge in [0.05, 0.1) is 18.3 Å². The van der Waals surface area contributed by atoms with E-state index in [1.54, 1.807) is 49.1 Å². The van der Waals surface area contributed by atoms with Crippen LogP contribution in [0.1, 0.15) is 50.1 Å². The van der Waals surface area contributed by atoms with Gasteiger partial charge in [-0.1, -0.05) is 49.4 Å². The molecule has 53 heavy (non-hydrogen) atoms. The van der Waals surface area contributed by atoms with Crippen molar-refractivity contribution in [2.45, 2.75) is 82.9 Å². The van der Waals surface area contributed by atoms with Gasteiger partial charge in [-0.3, -0.25) is 19.2 Å². The standard InChI is InChI=1S/C37H44N8O7S/c1-20(2)32(41-33(46)21(3)38-4)36(49)44-17-25-15-30(44)35(48)39-28(14-23-19-53-31-8-6-5-7-27(23)31)34(47)40-29(37(50)51)13-22-9-11-26(12-10-22)52-18-24-16-45(25)43-42-24/h5-12,16,19-21,25,28-30,32,38H,13-15,17-18H2,1-4H3,(H,39,48)(H,40,47)(H,41,46)(H,50,51)/t21-,25-,28-,29-,30-,32-/m0/s1. The molecule has 0 spiro atoms. The number of ether oxygens (including phenoxy) is 1. The van der Waals surface area contributed by atoms with Crippen molar-refractivity contribution in [2.75, 3.05) is 13.6 Å². The number of nitrogens with one attached hydrogen (secondary N) is 4. The largest absolute Gasteiger partial charge is 0.487 e. The van der Waals surface area contributed by atoms with E-state index in [0.29, 0.717) is 17.0 Å². The molecular weight excluding hydrogens is 701 g/mol. The molecule has 280 valence electrons. The number of carbonyl (C=O) groups excluding carboxylic acids is 4. The van der Waals surface area contributed by atoms with Gasteiger partial charge in [0.1, 0.15) is 42.2 Å². The van der Waals surface area contributed by atoms with E-state index in [9.17, 15) is 29.1 Å². The fraction of sp³-hybridized carbons (Fsp3) is 0.432. The zero-order valence-corrected chi connectivity index (χ0v) is 30.8. The quantitative estimate of drug-likeness (QED) is 0.178. The number of likely N-dealkylation sites (tertiary alicyclic amines) is 1. The molecule has 0 radical (unpaired) electrons. The van der Waals surface area contributed by atoms with E-state index in [-0.39, 0.29) is 44.2 Å². The number of carbonyl (C=O) groups is 5. The third-order valence-electron chi connectivity index (χ3n) is 9.84. The van der Waals surface area contributed by atoms with Crippen LogP contribution in [0.2, 0.25) is 0 Å². The number of carboxylic acid groups (broad SMARTS) is 1. The second-order valence-electron chi connectivity index (χ2n) is 13.9. The Morgan fingerprint density at radius 3 is 2.53 bits per heavy atom. The molecule has 2 aromatic carbocycles. The van der Waals surface area contributed by atoms with Crippen LogP contribution in [0.3, 0.4) is 0 Å². The number of nitrogens with zero attached hydrogens (tertiary/aromatic N) is 4. The summed E-state index contributed by atoms with van der Waals surface area (Å²) < 4.78 is 8.52. The highest BCUT2D eigenvalue weighted by Gasteiger charge is 2.45. The van der Waals surface area contributed by atoms with E-state index in [0.717, 1.165) is 15.6 Å². The van der Waals surface area contributed by atoms with Crippen LogP contribution in [-0.4, -0.2) is 98.4 Å². The Morgan fingerprint density at radius 1 is 1.06 bits per heavy atom. The molecule has 3 aliphatic rings. The number of aromatic nitrogens is 3. The molecule has 0 saturated carbocycles. The van der Waals surface area contributed by atoms with Gasteiger partial charge in [0.2, 0.25) is 23.6 Å². The molecule has 0 unspecified atom stereocenters. The van der Waals surface area contributed by atoms with Crippen molar-refractivity contribution in [2.24, 2.45) is 5.92 Å². The van der Waals surface area contributed by atoms with E-state index in [4.69, 9.17) is 4.74 Å². The van der Waals surface area contributed by atoms with Crippen LogP contribution >= 0.6 is 11.3 Å². The Balaban J connectivity index is 1.37. The molecule has 15 nitrogen and oxygen atoms in total. The van der Waals surface area contributed by atoms with Gasteiger partial charge in [0, 0.05) is 30.5 Å². The highest BCUT2D eigenvalue weighted by molar-refractivity contribution is 7.17. The van der Waals surface area contributed by atoms with Crippen molar-refractivity contribution < 1.29 is 33.8 Å². The topological polar surface area (TPSA) is 197 Å². The summed E-state index contributed by atoms with van der Waals surface area (Å²) >= 11 is 1.50. The summed E-state index contributed by atoms with van der Waals surface area (Å²) in [4.78, 5) is 69.7. The minimum absolute atomic E-state index is 0.0151. The van der Waals surface area contributed by atoms with Crippen LogP contribution in [0.4, 0.5) is 0 Å². The minimum atomic E-state index is -1.30. The SMILES string of the molecule is CN[C@@H](C)C(=O)N[C@H](C(=O)N1C[C@@H]2C[C@H]1C(=O)N[C@@H](Cc1csc3ccccc13)C(=O)N[C@H](C(=O)O)Cc1ccc(cc1)OCc1cn2nn1)C(C)C. The molecule has 5 heterocycles. The summed E-state index contributed by atoms with van der Waals surface area (Å²) in [5.74, 6) is -3.12. The molecule has 7 rings (SSSR count). The van der Waals surface area contributed by atoms with E-state index >= 15 is 0 Å². The first-order chi connectivity index (χ1) is 25.4. The van der Waals surface area contributed by atoms with Gasteiger partial charge < -0.3 is 36.0 Å². The van der Waals surface area contributed by atoms with E-state index < -0.39 is 59.9 Å². The molecule has 2 aromatic heterocycles. The summed E-state index contributed by atoms with van der Waals surface area (Å²) in [6.07, 6.45) is 1.91. The van der Waals surface area contributed by atoms with Gasteiger partial charge in [-0.2, -0.15) is 0 Å². The highest BCUT2D eigenvalue weighted by atomic mass is 32.1. The smallest absolute Gasteiger partial charge is 0.326 e. The monoisotopic (exact) mass is 744 g/mol. The summed E-state index contributed by atoms with van der Waals surface area (Å²) in [7, 11) is 1.64. The van der Waals surface area contributed by atoms with Crippen LogP contribution in [0.25, 0.3) is 10.1 Å². The summed E-state index contributed by atoms with van der Waals surface area (Å²) in [6.45, 7) is 5.48. The average molecular weight is 745 g/mol. The Hall–Kier alpha value is -5.35. The van der Waals surface area contributed by atoms with Crippen molar-refractivity contribution >= 4 is 51.0 Å². The van der Waals surface area contributed by atoms with Crippen LogP contribution in [-0.2, 0) is 43.4 Å². The lowest BCUT2D eigenvalue weighted by Crippen LogP contribution is -2.59. The molecular formula is C37H44N8O7S. The maximum absolute atomic E-state index is 14.4. The van der Waals surface area contributed by atoms with Crippen molar-refractivity contribution in [3.05, 3.63) is 76.9 Å². The van der Waals surface area contributed by atoms with Gasteiger partial charge in [0.25, 0.3) is 0 Å². The maximum Gasteiger partial charge on any atom is 0.326 e. The summed E-state index contributed by atoms with van der Waals surface area (Å²) in [5.41, 5.74) is 1.98. The molecule has 1 saturated heterocycles. The third-order valence-corrected chi connectivity index (χ3v) is 10.8. The zero-order chi connectivity index (χ0) is 37.8. The number of carboxylic acids is 1. The van der Waals surface area contributed by atoms with E-state index in [1.807, 2.05) is 43.5 Å². The normalized spacial score (nSPS) is 21.9. The molecule has 6 bridgehead atoms. The molecule has 3 aliphatic heterocycles. The number of hydrogen-bond donors (Lipinski definition) is 5. The van der Waals surface area contributed by atoms with Crippen LogP contribution < -0.4 is 26.0 Å². The fourth-order valence-electron chi connectivity index (χ4n) is 6.63. The van der Waals surface area contributed by atoms with Gasteiger partial charge in [-0.25, -0.2) is 9.48 Å². The first-order valence-corrected chi connectivity index (χ1v) is 18.5. The second kappa shape index (κ2) is 16.1. The minimum Gasteiger partial charge on any atom is -0.487 e. The highest BCUT2D eigenvalue weighted by Crippen LogP contribution is 2.30. The first-order valence-electron chi connectivity index (χ1n) is 17.6. The fourth-order valence-corrected chi connectivity index (χ4v) is 7.61. The van der Waals surface area contributed by atoms with Gasteiger partial charge in [-0.05, 0) is 60.0 Å². The van der Waals surface area contributed by atoms with Crippen LogP contribution in [0, 0.1) is 5.92 Å². The van der Waals surface area contributed by atoms with Gasteiger partial charge in [0.15, 0.2) is 0 Å². The summed E-state index contributed by atoms with van der Waals surface area (Å²) in [5, 5.41) is 32.8. The number of thiophene rings is 1. The van der Waals surface area contributed by atoms with Crippen molar-refractivity contribution in [3.8, 4) is 5.75 Å². The predicted molar refractivity (Wildman–Crippen MR) is 196 cm³/mol. The molecule has 4 amide bonds. The molecule has 0 aliphatic carbocycles. The number of amides is 4. The Kier molecular flexibility index (Phi) is 11.4. The number of benzene rings is 2. The Bertz CT molecular complexity index is 1980. The molecule has 1 fully saturated rings. The van der Waals surface area contributed by atoms with E-state index in [2.05, 4.69) is 31.6 Å². The number of rotatable bonds is 8. The number of hydrogen-bond acceptors (Lipinski definition) is 10. The second-order valence-corrected chi connectivity index (χ2v) is 14.8. The predicted octanol–water partition coefficient (Wildman–Crippen LogP) is 1.82. The van der Waals surface area contributed by atoms with Crippen molar-refractivity contribution in [1.82, 2.24) is 41.2 Å². The lowest BCUT2D eigenvalue weighted by atomic mass is 10.0. The Morgan fingerprint density at radius 2 is 1.81 bits per heavy atom. The van der Waals surface area contributed by atoms with Crippen molar-refractivity contribution in [3.63, 3.8) is 0 Å². The van der Waals surface area contributed by atoms with E-state index in [1.165, 1.54) is 16.2 Å². The number of aliphatic carboxylic acids is 1. The van der Waals surface area contributed by atoms with Crippen LogP contribution in [0.15, 0.2) is 60.1 Å². The molecule has 5 N–H and O–H groups in total. The Labute approximate surface area is 310 Å².